The van der Waals surface area contributed by atoms with Crippen LogP contribution in [0.15, 0.2) is 218 Å². The van der Waals surface area contributed by atoms with E-state index in [0.717, 1.165) is 50.4 Å². The Hall–Kier alpha value is -8.08. The van der Waals surface area contributed by atoms with E-state index < -0.39 is 0 Å². The number of fused-ring (bicyclic) bond motifs is 7. The van der Waals surface area contributed by atoms with E-state index in [9.17, 15) is 0 Å². The summed E-state index contributed by atoms with van der Waals surface area (Å²) in [7, 11) is 0. The van der Waals surface area contributed by atoms with Crippen molar-refractivity contribution in [1.29, 1.82) is 0 Å². The average molecular weight is 765 g/mol. The van der Waals surface area contributed by atoms with Crippen LogP contribution in [0.5, 0.6) is 0 Å². The van der Waals surface area contributed by atoms with Crippen LogP contribution in [0.1, 0.15) is 0 Å². The Kier molecular flexibility index (Phi) is 7.82. The van der Waals surface area contributed by atoms with Gasteiger partial charge in [0.15, 0.2) is 5.82 Å². The summed E-state index contributed by atoms with van der Waals surface area (Å²) in [4.78, 5) is 10.2. The first-order chi connectivity index (χ1) is 29.7. The topological polar surface area (TPSA) is 35.6 Å². The number of nitrogens with zero attached hydrogens (tertiary/aromatic N) is 4. The lowest BCUT2D eigenvalue weighted by Gasteiger charge is -2.13. The molecule has 0 atom stereocenters. The van der Waals surface area contributed by atoms with Crippen LogP contribution >= 0.6 is 0 Å². The maximum atomic E-state index is 5.11. The molecule has 0 unspecified atom stereocenters. The van der Waals surface area contributed by atoms with Crippen molar-refractivity contribution in [3.8, 4) is 56.4 Å². The smallest absolute Gasteiger partial charge is 0.160 e. The standard InChI is InChI=1S/C56H36N4/c1-3-14-38(15-4-1)50-36-51(39-16-5-2-6-17-39)58-56(57-50)42-29-27-37-26-28-40(32-43(37)33-42)41-30-31-55-49(34-41)48-22-9-12-25-54(48)60(55)45-19-13-18-44(35-45)59-52-23-10-7-20-46(52)47-21-8-11-24-53(47)59/h1-36H. The molecule has 0 spiro atoms. The molecule has 0 bridgehead atoms. The van der Waals surface area contributed by atoms with E-state index in [2.05, 4.69) is 215 Å². The lowest BCUT2D eigenvalue weighted by molar-refractivity contribution is 1.13. The zero-order chi connectivity index (χ0) is 39.6. The zero-order valence-corrected chi connectivity index (χ0v) is 32.6. The third kappa shape index (κ3) is 5.61. The largest absolute Gasteiger partial charge is 0.309 e. The van der Waals surface area contributed by atoms with Gasteiger partial charge in [0.25, 0.3) is 0 Å². The minimum Gasteiger partial charge on any atom is -0.309 e. The van der Waals surface area contributed by atoms with E-state index in [1.165, 1.54) is 54.6 Å². The van der Waals surface area contributed by atoms with Crippen LogP contribution in [0, 0.1) is 0 Å². The molecule has 12 aromatic rings. The summed E-state index contributed by atoms with van der Waals surface area (Å²) < 4.78 is 4.80. The van der Waals surface area contributed by atoms with Gasteiger partial charge in [-0.15, -0.1) is 0 Å². The van der Waals surface area contributed by atoms with Crippen LogP contribution in [0.4, 0.5) is 0 Å². The molecular formula is C56H36N4. The van der Waals surface area contributed by atoms with Crippen LogP contribution in [0.25, 0.3) is 111 Å². The molecule has 0 aliphatic rings. The molecule has 4 heteroatoms. The predicted octanol–water partition coefficient (Wildman–Crippen LogP) is 14.5. The van der Waals surface area contributed by atoms with Crippen molar-refractivity contribution in [2.75, 3.05) is 0 Å². The first-order valence-electron chi connectivity index (χ1n) is 20.4. The minimum absolute atomic E-state index is 0.707. The summed E-state index contributed by atoms with van der Waals surface area (Å²) in [5, 5.41) is 7.28. The summed E-state index contributed by atoms with van der Waals surface area (Å²) in [6, 6.07) is 78.1. The molecule has 0 radical (unpaired) electrons. The fraction of sp³-hybridized carbons (Fsp3) is 0. The van der Waals surface area contributed by atoms with Gasteiger partial charge in [-0.3, -0.25) is 0 Å². The summed E-state index contributed by atoms with van der Waals surface area (Å²) in [5.74, 6) is 0.707. The summed E-state index contributed by atoms with van der Waals surface area (Å²) in [5.41, 5.74) is 14.3. The molecule has 9 aromatic carbocycles. The van der Waals surface area contributed by atoms with Crippen molar-refractivity contribution >= 4 is 54.4 Å². The highest BCUT2D eigenvalue weighted by molar-refractivity contribution is 6.11. The Morgan fingerprint density at radius 1 is 0.267 bits per heavy atom. The summed E-state index contributed by atoms with van der Waals surface area (Å²) >= 11 is 0. The molecular weight excluding hydrogens is 729 g/mol. The highest BCUT2D eigenvalue weighted by Crippen LogP contribution is 2.38. The maximum Gasteiger partial charge on any atom is 0.160 e. The second kappa shape index (κ2) is 13.8. The van der Waals surface area contributed by atoms with Crippen molar-refractivity contribution in [3.63, 3.8) is 0 Å². The fourth-order valence-electron chi connectivity index (χ4n) is 9.06. The average Bonchev–Trinajstić information content (AvgIpc) is 3.84. The van der Waals surface area contributed by atoms with Gasteiger partial charge in [-0.05, 0) is 88.6 Å². The second-order valence-corrected chi connectivity index (χ2v) is 15.4. The van der Waals surface area contributed by atoms with Gasteiger partial charge in [0, 0.05) is 49.6 Å². The van der Waals surface area contributed by atoms with E-state index in [1.807, 2.05) is 12.1 Å². The van der Waals surface area contributed by atoms with Gasteiger partial charge in [-0.1, -0.05) is 152 Å². The Bertz CT molecular complexity index is 3490. The van der Waals surface area contributed by atoms with Crippen LogP contribution in [0.3, 0.4) is 0 Å². The van der Waals surface area contributed by atoms with Crippen molar-refractivity contribution in [3.05, 3.63) is 218 Å². The first kappa shape index (κ1) is 34.0. The second-order valence-electron chi connectivity index (χ2n) is 15.4. The lowest BCUT2D eigenvalue weighted by atomic mass is 9.98. The molecule has 0 N–H and O–H groups in total. The molecule has 3 heterocycles. The van der Waals surface area contributed by atoms with Gasteiger partial charge in [0.2, 0.25) is 0 Å². The molecule has 0 saturated heterocycles. The maximum absolute atomic E-state index is 5.11. The molecule has 0 saturated carbocycles. The monoisotopic (exact) mass is 764 g/mol. The van der Waals surface area contributed by atoms with Gasteiger partial charge in [-0.25, -0.2) is 9.97 Å². The number of rotatable bonds is 6. The van der Waals surface area contributed by atoms with Crippen molar-refractivity contribution in [2.45, 2.75) is 0 Å². The Balaban J connectivity index is 0.963. The van der Waals surface area contributed by atoms with Gasteiger partial charge >= 0.3 is 0 Å². The molecule has 12 rings (SSSR count). The Morgan fingerprint density at radius 3 is 1.30 bits per heavy atom. The van der Waals surface area contributed by atoms with Crippen LogP contribution in [-0.4, -0.2) is 19.1 Å². The highest BCUT2D eigenvalue weighted by Gasteiger charge is 2.17. The van der Waals surface area contributed by atoms with Gasteiger partial charge < -0.3 is 9.13 Å². The van der Waals surface area contributed by atoms with Gasteiger partial charge in [-0.2, -0.15) is 0 Å². The Morgan fingerprint density at radius 2 is 0.717 bits per heavy atom. The number of aromatic nitrogens is 4. The molecule has 280 valence electrons. The molecule has 3 aromatic heterocycles. The molecule has 0 aliphatic heterocycles. The van der Waals surface area contributed by atoms with Crippen molar-refractivity contribution in [2.24, 2.45) is 0 Å². The van der Waals surface area contributed by atoms with Crippen LogP contribution in [-0.2, 0) is 0 Å². The molecule has 0 aliphatic carbocycles. The first-order valence-corrected chi connectivity index (χ1v) is 20.4. The van der Waals surface area contributed by atoms with E-state index in [1.54, 1.807) is 0 Å². The van der Waals surface area contributed by atoms with Crippen LogP contribution in [0.2, 0.25) is 0 Å². The number of para-hydroxylation sites is 3. The lowest BCUT2D eigenvalue weighted by Crippen LogP contribution is -1.98. The number of benzene rings is 9. The van der Waals surface area contributed by atoms with Crippen molar-refractivity contribution < 1.29 is 0 Å². The van der Waals surface area contributed by atoms with E-state index in [-0.39, 0.29) is 0 Å². The van der Waals surface area contributed by atoms with Gasteiger partial charge in [0.05, 0.1) is 33.5 Å². The zero-order valence-electron chi connectivity index (χ0n) is 32.6. The third-order valence-electron chi connectivity index (χ3n) is 11.9. The normalized spacial score (nSPS) is 11.7. The molecule has 0 amide bonds. The van der Waals surface area contributed by atoms with E-state index in [0.29, 0.717) is 5.82 Å². The summed E-state index contributed by atoms with van der Waals surface area (Å²) in [6.45, 7) is 0. The third-order valence-corrected chi connectivity index (χ3v) is 11.9. The van der Waals surface area contributed by atoms with Crippen molar-refractivity contribution in [1.82, 2.24) is 19.1 Å². The quantitative estimate of drug-likeness (QED) is 0.169. The van der Waals surface area contributed by atoms with E-state index in [4.69, 9.17) is 9.97 Å². The summed E-state index contributed by atoms with van der Waals surface area (Å²) in [6.07, 6.45) is 0. The minimum atomic E-state index is 0.707. The number of hydrogen-bond acceptors (Lipinski definition) is 2. The molecule has 4 nitrogen and oxygen atoms in total. The highest BCUT2D eigenvalue weighted by atomic mass is 15.0. The molecule has 0 fully saturated rings. The van der Waals surface area contributed by atoms with E-state index >= 15 is 0 Å². The fourth-order valence-corrected chi connectivity index (χ4v) is 9.06. The molecule has 60 heavy (non-hydrogen) atoms. The SMILES string of the molecule is c1ccc(-c2cc(-c3ccccc3)nc(-c3ccc4ccc(-c5ccc6c(c5)c5ccccc5n6-c5cccc(-n6c7ccccc7c7ccccc76)c5)cc4c3)n2)cc1. The number of hydrogen-bond donors (Lipinski definition) is 0. The Labute approximate surface area is 346 Å². The van der Waals surface area contributed by atoms with Gasteiger partial charge in [0.1, 0.15) is 0 Å². The predicted molar refractivity (Wildman–Crippen MR) is 250 cm³/mol. The van der Waals surface area contributed by atoms with Crippen LogP contribution < -0.4 is 0 Å².